The molecule has 0 spiro atoms. The molecule has 5 nitrogen and oxygen atoms in total. The Balaban J connectivity index is 2.10. The van der Waals surface area contributed by atoms with E-state index in [0.717, 1.165) is 27.8 Å². The average molecular weight is 276 g/mol. The van der Waals surface area contributed by atoms with Gasteiger partial charge >= 0.3 is 0 Å². The molecule has 0 fully saturated rings. The van der Waals surface area contributed by atoms with E-state index in [1.807, 2.05) is 54.1 Å². The van der Waals surface area contributed by atoms with Crippen LogP contribution in [0.3, 0.4) is 0 Å². The lowest BCUT2D eigenvalue weighted by molar-refractivity contribution is 0.944. The van der Waals surface area contributed by atoms with Gasteiger partial charge in [-0.3, -0.25) is 9.36 Å². The van der Waals surface area contributed by atoms with E-state index in [2.05, 4.69) is 9.97 Å². The molecule has 0 aliphatic carbocycles. The van der Waals surface area contributed by atoms with Crippen LogP contribution in [0.5, 0.6) is 0 Å². The van der Waals surface area contributed by atoms with E-state index in [4.69, 9.17) is 0 Å². The van der Waals surface area contributed by atoms with Crippen LogP contribution in [-0.4, -0.2) is 19.1 Å². The zero-order valence-electron chi connectivity index (χ0n) is 11.4. The van der Waals surface area contributed by atoms with E-state index in [1.165, 1.54) is 6.20 Å². The standard InChI is InChI=1S/C16H12N4O/c1-19-10-18-13-7-6-11(8-15(13)19)20-14-5-3-2-4-12(14)17-9-16(20)21/h2-10H,1H3. The van der Waals surface area contributed by atoms with Gasteiger partial charge in [0, 0.05) is 7.05 Å². The van der Waals surface area contributed by atoms with Crippen LogP contribution < -0.4 is 5.56 Å². The third-order valence-electron chi connectivity index (χ3n) is 3.62. The van der Waals surface area contributed by atoms with E-state index < -0.39 is 0 Å². The summed E-state index contributed by atoms with van der Waals surface area (Å²) in [6.45, 7) is 0. The van der Waals surface area contributed by atoms with Gasteiger partial charge in [0.2, 0.25) is 0 Å². The Labute approximate surface area is 120 Å². The van der Waals surface area contributed by atoms with Crippen LogP contribution >= 0.6 is 0 Å². The highest BCUT2D eigenvalue weighted by Gasteiger charge is 2.08. The van der Waals surface area contributed by atoms with Crippen molar-refractivity contribution in [3.8, 4) is 5.69 Å². The molecule has 0 saturated carbocycles. The van der Waals surface area contributed by atoms with Crippen LogP contribution in [0.2, 0.25) is 0 Å². The molecule has 0 atom stereocenters. The first-order valence-electron chi connectivity index (χ1n) is 6.62. The lowest BCUT2D eigenvalue weighted by atomic mass is 10.2. The number of benzene rings is 2. The van der Waals surface area contributed by atoms with Crippen molar-refractivity contribution in [2.24, 2.45) is 7.05 Å². The Kier molecular flexibility index (Phi) is 2.41. The maximum absolute atomic E-state index is 12.3. The molecule has 0 unspecified atom stereocenters. The zero-order chi connectivity index (χ0) is 14.4. The Morgan fingerprint density at radius 2 is 1.76 bits per heavy atom. The van der Waals surface area contributed by atoms with Gasteiger partial charge < -0.3 is 4.57 Å². The predicted molar refractivity (Wildman–Crippen MR) is 81.6 cm³/mol. The Hall–Kier alpha value is -2.95. The number of imidazole rings is 1. The van der Waals surface area contributed by atoms with Crippen molar-refractivity contribution in [2.45, 2.75) is 0 Å². The van der Waals surface area contributed by atoms with Crippen LogP contribution in [0.15, 0.2) is 59.8 Å². The summed E-state index contributed by atoms with van der Waals surface area (Å²) in [5.74, 6) is 0. The Morgan fingerprint density at radius 3 is 2.67 bits per heavy atom. The molecule has 102 valence electrons. The molecular formula is C16H12N4O. The topological polar surface area (TPSA) is 52.7 Å². The maximum Gasteiger partial charge on any atom is 0.274 e. The predicted octanol–water partition coefficient (Wildman–Crippen LogP) is 2.27. The lowest BCUT2D eigenvalue weighted by Crippen LogP contribution is -2.18. The first-order chi connectivity index (χ1) is 10.2. The summed E-state index contributed by atoms with van der Waals surface area (Å²) in [5.41, 5.74) is 4.16. The van der Waals surface area contributed by atoms with E-state index in [0.29, 0.717) is 0 Å². The van der Waals surface area contributed by atoms with Gasteiger partial charge in [-0.1, -0.05) is 12.1 Å². The van der Waals surface area contributed by atoms with E-state index in [-0.39, 0.29) is 5.56 Å². The maximum atomic E-state index is 12.3. The van der Waals surface area contributed by atoms with Crippen molar-refractivity contribution in [1.29, 1.82) is 0 Å². The summed E-state index contributed by atoms with van der Waals surface area (Å²) in [5, 5.41) is 0. The van der Waals surface area contributed by atoms with Crippen LogP contribution in [0.25, 0.3) is 27.8 Å². The third kappa shape index (κ3) is 1.74. The van der Waals surface area contributed by atoms with E-state index in [9.17, 15) is 4.79 Å². The molecule has 0 saturated heterocycles. The minimum absolute atomic E-state index is 0.143. The molecule has 0 amide bonds. The Morgan fingerprint density at radius 1 is 0.952 bits per heavy atom. The molecule has 0 radical (unpaired) electrons. The molecule has 0 bridgehead atoms. The van der Waals surface area contributed by atoms with Crippen molar-refractivity contribution < 1.29 is 0 Å². The highest BCUT2D eigenvalue weighted by molar-refractivity contribution is 5.80. The highest BCUT2D eigenvalue weighted by atomic mass is 16.1. The second kappa shape index (κ2) is 4.28. The molecule has 21 heavy (non-hydrogen) atoms. The second-order valence-electron chi connectivity index (χ2n) is 4.95. The number of nitrogens with zero attached hydrogens (tertiary/aromatic N) is 4. The molecule has 5 heteroatoms. The number of rotatable bonds is 1. The summed E-state index contributed by atoms with van der Waals surface area (Å²) < 4.78 is 3.61. The number of hydrogen-bond acceptors (Lipinski definition) is 3. The number of fused-ring (bicyclic) bond motifs is 2. The summed E-state index contributed by atoms with van der Waals surface area (Å²) in [7, 11) is 1.94. The number of aryl methyl sites for hydroxylation is 1. The second-order valence-corrected chi connectivity index (χ2v) is 4.95. The fourth-order valence-corrected chi connectivity index (χ4v) is 2.58. The molecule has 0 aliphatic rings. The van der Waals surface area contributed by atoms with Crippen LogP contribution in [0, 0.1) is 0 Å². The molecule has 0 aliphatic heterocycles. The van der Waals surface area contributed by atoms with E-state index in [1.54, 1.807) is 10.9 Å². The van der Waals surface area contributed by atoms with Crippen LogP contribution in [0.4, 0.5) is 0 Å². The van der Waals surface area contributed by atoms with Crippen molar-refractivity contribution in [3.05, 3.63) is 65.3 Å². The van der Waals surface area contributed by atoms with E-state index >= 15 is 0 Å². The smallest absolute Gasteiger partial charge is 0.274 e. The van der Waals surface area contributed by atoms with Crippen LogP contribution in [-0.2, 0) is 7.05 Å². The summed E-state index contributed by atoms with van der Waals surface area (Å²) in [4.78, 5) is 20.8. The molecular weight excluding hydrogens is 264 g/mol. The van der Waals surface area contributed by atoms with Gasteiger partial charge in [0.05, 0.1) is 40.3 Å². The highest BCUT2D eigenvalue weighted by Crippen LogP contribution is 2.19. The van der Waals surface area contributed by atoms with Gasteiger partial charge in [-0.2, -0.15) is 0 Å². The first kappa shape index (κ1) is 11.8. The van der Waals surface area contributed by atoms with Gasteiger partial charge in [0.25, 0.3) is 5.56 Å². The van der Waals surface area contributed by atoms with Crippen LogP contribution in [0.1, 0.15) is 0 Å². The van der Waals surface area contributed by atoms with Gasteiger partial charge in [-0.25, -0.2) is 9.97 Å². The van der Waals surface area contributed by atoms with Gasteiger partial charge in [-0.05, 0) is 30.3 Å². The Bertz CT molecular complexity index is 1030. The summed E-state index contributed by atoms with van der Waals surface area (Å²) in [6, 6.07) is 13.4. The third-order valence-corrected chi connectivity index (χ3v) is 3.62. The average Bonchev–Trinajstić information content (AvgIpc) is 2.88. The first-order valence-corrected chi connectivity index (χ1v) is 6.62. The molecule has 2 aromatic heterocycles. The van der Waals surface area contributed by atoms with Crippen molar-refractivity contribution >= 4 is 22.1 Å². The van der Waals surface area contributed by atoms with Gasteiger partial charge in [0.15, 0.2) is 0 Å². The summed E-state index contributed by atoms with van der Waals surface area (Å²) >= 11 is 0. The fraction of sp³-hybridized carbons (Fsp3) is 0.0625. The largest absolute Gasteiger partial charge is 0.334 e. The molecule has 2 aromatic carbocycles. The quantitative estimate of drug-likeness (QED) is 0.536. The minimum atomic E-state index is -0.143. The fourth-order valence-electron chi connectivity index (χ4n) is 2.58. The number of para-hydroxylation sites is 2. The monoisotopic (exact) mass is 276 g/mol. The number of hydrogen-bond donors (Lipinski definition) is 0. The van der Waals surface area contributed by atoms with Crippen molar-refractivity contribution in [3.63, 3.8) is 0 Å². The number of aromatic nitrogens is 4. The molecule has 4 rings (SSSR count). The molecule has 2 heterocycles. The normalized spacial score (nSPS) is 11.3. The SMILES string of the molecule is Cn1cnc2ccc(-n3c(=O)cnc4ccccc43)cc21. The molecule has 0 N–H and O–H groups in total. The zero-order valence-corrected chi connectivity index (χ0v) is 11.4. The van der Waals surface area contributed by atoms with Crippen molar-refractivity contribution in [2.75, 3.05) is 0 Å². The lowest BCUT2D eigenvalue weighted by Gasteiger charge is -2.09. The summed E-state index contributed by atoms with van der Waals surface area (Å²) in [6.07, 6.45) is 3.12. The van der Waals surface area contributed by atoms with Gasteiger partial charge in [0.1, 0.15) is 0 Å². The minimum Gasteiger partial charge on any atom is -0.334 e. The molecule has 4 aromatic rings. The van der Waals surface area contributed by atoms with Gasteiger partial charge in [-0.15, -0.1) is 0 Å². The van der Waals surface area contributed by atoms with Crippen molar-refractivity contribution in [1.82, 2.24) is 19.1 Å².